The van der Waals surface area contributed by atoms with Crippen molar-refractivity contribution in [1.82, 2.24) is 10.3 Å². The number of aromatic nitrogens is 1. The lowest BCUT2D eigenvalue weighted by Gasteiger charge is -2.26. The zero-order valence-corrected chi connectivity index (χ0v) is 11.0. The average Bonchev–Trinajstić information content (AvgIpc) is 2.27. The predicted molar refractivity (Wildman–Crippen MR) is 69.5 cm³/mol. The molecule has 0 aliphatic heterocycles. The van der Waals surface area contributed by atoms with Gasteiger partial charge in [0.2, 0.25) is 0 Å². The minimum absolute atomic E-state index is 0.443. The van der Waals surface area contributed by atoms with Crippen LogP contribution in [0.4, 0.5) is 0 Å². The van der Waals surface area contributed by atoms with Crippen molar-refractivity contribution in [1.29, 1.82) is 0 Å². The van der Waals surface area contributed by atoms with Gasteiger partial charge in [0.1, 0.15) is 0 Å². The van der Waals surface area contributed by atoms with Crippen LogP contribution in [0.3, 0.4) is 0 Å². The van der Waals surface area contributed by atoms with Crippen LogP contribution in [0.2, 0.25) is 0 Å². The van der Waals surface area contributed by atoms with E-state index in [-0.39, 0.29) is 0 Å². The monoisotopic (exact) mass is 220 g/mol. The molecule has 1 aromatic heterocycles. The summed E-state index contributed by atoms with van der Waals surface area (Å²) in [5.74, 6) is 0.660. The summed E-state index contributed by atoms with van der Waals surface area (Å²) >= 11 is 0. The molecule has 0 bridgehead atoms. The highest BCUT2D eigenvalue weighted by Gasteiger charge is 2.19. The lowest BCUT2D eigenvalue weighted by Crippen LogP contribution is -2.27. The number of rotatable bonds is 6. The summed E-state index contributed by atoms with van der Waals surface area (Å²) in [6, 6.07) is 4.67. The molecule has 2 heteroatoms. The van der Waals surface area contributed by atoms with Crippen molar-refractivity contribution >= 4 is 0 Å². The first-order valence-electron chi connectivity index (χ1n) is 6.35. The second-order valence-corrected chi connectivity index (χ2v) is 4.48. The zero-order valence-electron chi connectivity index (χ0n) is 11.0. The first kappa shape index (κ1) is 13.2. The summed E-state index contributed by atoms with van der Waals surface area (Å²) in [5, 5.41) is 3.58. The Hall–Kier alpha value is -0.890. The Labute approximate surface area is 99.5 Å². The minimum Gasteiger partial charge on any atom is -0.310 e. The van der Waals surface area contributed by atoms with E-state index < -0.39 is 0 Å². The van der Waals surface area contributed by atoms with Gasteiger partial charge < -0.3 is 5.32 Å². The minimum atomic E-state index is 0.443. The molecule has 0 saturated heterocycles. The topological polar surface area (TPSA) is 24.9 Å². The van der Waals surface area contributed by atoms with E-state index in [1.54, 1.807) is 0 Å². The van der Waals surface area contributed by atoms with Gasteiger partial charge in [-0.1, -0.05) is 33.3 Å². The molecule has 2 atom stereocenters. The van der Waals surface area contributed by atoms with Gasteiger partial charge in [-0.05, 0) is 37.4 Å². The van der Waals surface area contributed by atoms with Crippen LogP contribution in [0.25, 0.3) is 0 Å². The molecule has 90 valence electrons. The van der Waals surface area contributed by atoms with Crippen molar-refractivity contribution in [3.05, 3.63) is 29.6 Å². The molecule has 1 rings (SSSR count). The maximum Gasteiger partial charge on any atom is 0.0420 e. The fraction of sp³-hybridized carbons (Fsp3) is 0.643. The molecule has 0 fully saturated rings. The van der Waals surface area contributed by atoms with E-state index in [1.165, 1.54) is 18.4 Å². The van der Waals surface area contributed by atoms with Gasteiger partial charge in [-0.2, -0.15) is 0 Å². The second kappa shape index (κ2) is 6.64. The Bertz CT molecular complexity index is 309. The quantitative estimate of drug-likeness (QED) is 0.794. The number of nitrogens with zero attached hydrogens (tertiary/aromatic N) is 1. The van der Waals surface area contributed by atoms with Gasteiger partial charge >= 0.3 is 0 Å². The van der Waals surface area contributed by atoms with Crippen LogP contribution in [0.1, 0.15) is 50.9 Å². The Kier molecular flexibility index (Phi) is 5.47. The van der Waals surface area contributed by atoms with E-state index in [1.807, 2.05) is 12.3 Å². The summed E-state index contributed by atoms with van der Waals surface area (Å²) in [4.78, 5) is 4.38. The van der Waals surface area contributed by atoms with Crippen molar-refractivity contribution in [2.75, 3.05) is 6.54 Å². The van der Waals surface area contributed by atoms with Crippen LogP contribution in [0, 0.1) is 12.8 Å². The normalized spacial score (nSPS) is 14.8. The van der Waals surface area contributed by atoms with Crippen LogP contribution in [-0.4, -0.2) is 11.5 Å². The summed E-state index contributed by atoms with van der Waals surface area (Å²) in [7, 11) is 0. The number of pyridine rings is 1. The molecular weight excluding hydrogens is 196 g/mol. The molecule has 0 radical (unpaired) electrons. The predicted octanol–water partition coefficient (Wildman–Crippen LogP) is 3.48. The first-order chi connectivity index (χ1) is 7.70. The molecule has 16 heavy (non-hydrogen) atoms. The van der Waals surface area contributed by atoms with Crippen molar-refractivity contribution in [2.24, 2.45) is 5.92 Å². The standard InChI is InChI=1S/C14H24N2/c1-5-8-11(3)14(15-6-2)13-9-7-10-16-12(13)4/h7,9-11,14-15H,5-6,8H2,1-4H3. The summed E-state index contributed by atoms with van der Waals surface area (Å²) in [6.45, 7) is 9.83. The number of aryl methyl sites for hydroxylation is 1. The van der Waals surface area contributed by atoms with Gasteiger partial charge in [0.05, 0.1) is 0 Å². The summed E-state index contributed by atoms with van der Waals surface area (Å²) < 4.78 is 0. The van der Waals surface area contributed by atoms with E-state index in [9.17, 15) is 0 Å². The van der Waals surface area contributed by atoms with Crippen LogP contribution < -0.4 is 5.32 Å². The van der Waals surface area contributed by atoms with Crippen molar-refractivity contribution < 1.29 is 0 Å². The number of hydrogen-bond acceptors (Lipinski definition) is 2. The molecule has 0 amide bonds. The van der Waals surface area contributed by atoms with E-state index in [0.717, 1.165) is 12.2 Å². The van der Waals surface area contributed by atoms with E-state index in [0.29, 0.717) is 12.0 Å². The highest BCUT2D eigenvalue weighted by atomic mass is 14.9. The van der Waals surface area contributed by atoms with Crippen LogP contribution >= 0.6 is 0 Å². The molecule has 2 nitrogen and oxygen atoms in total. The third-order valence-corrected chi connectivity index (χ3v) is 3.12. The Balaban J connectivity index is 2.88. The third-order valence-electron chi connectivity index (χ3n) is 3.12. The average molecular weight is 220 g/mol. The zero-order chi connectivity index (χ0) is 12.0. The van der Waals surface area contributed by atoms with Crippen molar-refractivity contribution in [3.8, 4) is 0 Å². The lowest BCUT2D eigenvalue weighted by atomic mass is 9.90. The summed E-state index contributed by atoms with van der Waals surface area (Å²) in [5.41, 5.74) is 2.50. The Morgan fingerprint density at radius 2 is 2.12 bits per heavy atom. The van der Waals surface area contributed by atoms with Gasteiger partial charge in [-0.25, -0.2) is 0 Å². The van der Waals surface area contributed by atoms with Crippen molar-refractivity contribution in [2.45, 2.75) is 46.6 Å². The van der Waals surface area contributed by atoms with E-state index in [4.69, 9.17) is 0 Å². The molecule has 0 saturated carbocycles. The largest absolute Gasteiger partial charge is 0.310 e. The molecule has 2 unspecified atom stereocenters. The molecule has 0 aliphatic rings. The van der Waals surface area contributed by atoms with Crippen LogP contribution in [0.15, 0.2) is 18.3 Å². The Morgan fingerprint density at radius 1 is 1.38 bits per heavy atom. The summed E-state index contributed by atoms with van der Waals surface area (Å²) in [6.07, 6.45) is 4.36. The van der Waals surface area contributed by atoms with Gasteiger partial charge in [0.15, 0.2) is 0 Å². The molecule has 0 aromatic carbocycles. The molecule has 1 N–H and O–H groups in total. The maximum atomic E-state index is 4.38. The van der Waals surface area contributed by atoms with Gasteiger partial charge in [0.25, 0.3) is 0 Å². The highest BCUT2D eigenvalue weighted by Crippen LogP contribution is 2.26. The van der Waals surface area contributed by atoms with Gasteiger partial charge in [-0.15, -0.1) is 0 Å². The molecule has 1 aromatic rings. The van der Waals surface area contributed by atoms with Crippen molar-refractivity contribution in [3.63, 3.8) is 0 Å². The van der Waals surface area contributed by atoms with Gasteiger partial charge in [-0.3, -0.25) is 4.98 Å². The first-order valence-corrected chi connectivity index (χ1v) is 6.35. The number of hydrogen-bond donors (Lipinski definition) is 1. The second-order valence-electron chi connectivity index (χ2n) is 4.48. The fourth-order valence-electron chi connectivity index (χ4n) is 2.28. The molecule has 1 heterocycles. The van der Waals surface area contributed by atoms with Crippen LogP contribution in [-0.2, 0) is 0 Å². The SMILES string of the molecule is CCCC(C)C(NCC)c1cccnc1C. The third kappa shape index (κ3) is 3.31. The maximum absolute atomic E-state index is 4.38. The molecule has 0 aliphatic carbocycles. The molecule has 0 spiro atoms. The lowest BCUT2D eigenvalue weighted by molar-refractivity contribution is 0.367. The van der Waals surface area contributed by atoms with Gasteiger partial charge in [0, 0.05) is 17.9 Å². The van der Waals surface area contributed by atoms with Crippen LogP contribution in [0.5, 0.6) is 0 Å². The smallest absolute Gasteiger partial charge is 0.0420 e. The Morgan fingerprint density at radius 3 is 2.69 bits per heavy atom. The fourth-order valence-corrected chi connectivity index (χ4v) is 2.28. The molecular formula is C14H24N2. The van der Waals surface area contributed by atoms with E-state index >= 15 is 0 Å². The highest BCUT2D eigenvalue weighted by molar-refractivity contribution is 5.23. The number of nitrogens with one attached hydrogen (secondary N) is 1. The van der Waals surface area contributed by atoms with E-state index in [2.05, 4.69) is 44.1 Å².